The van der Waals surface area contributed by atoms with Gasteiger partial charge in [-0.15, -0.1) is 0 Å². The first-order valence-electron chi connectivity index (χ1n) is 3.85. The van der Waals surface area contributed by atoms with E-state index < -0.39 is 9.84 Å². The largest absolute Gasteiger partial charge is 0.399 e. The van der Waals surface area contributed by atoms with E-state index in [2.05, 4.69) is 0 Å². The molecule has 0 aliphatic heterocycles. The Labute approximate surface area is 77.5 Å². The Morgan fingerprint density at radius 3 is 2.38 bits per heavy atom. The Kier molecular flexibility index (Phi) is 2.47. The van der Waals surface area contributed by atoms with Crippen LogP contribution >= 0.6 is 0 Å². The highest BCUT2D eigenvalue weighted by atomic mass is 32.2. The molecule has 1 aromatic rings. The number of nitrogen functional groups attached to an aromatic ring is 2. The molecule has 13 heavy (non-hydrogen) atoms. The second kappa shape index (κ2) is 3.26. The standard InChI is InChI=1S/C8H12N2O2S/c1-2-13(11,12)8-4-3-6(9)5-7(8)10/h3-5H,2,9-10H2,1H3. The quantitative estimate of drug-likeness (QED) is 0.686. The normalized spacial score (nSPS) is 11.5. The predicted octanol–water partition coefficient (Wildman–Crippen LogP) is 0.645. The van der Waals surface area contributed by atoms with E-state index in [1.165, 1.54) is 18.2 Å². The number of sulfone groups is 1. The number of hydrogen-bond donors (Lipinski definition) is 2. The van der Waals surface area contributed by atoms with E-state index in [-0.39, 0.29) is 16.3 Å². The maximum absolute atomic E-state index is 11.4. The Morgan fingerprint density at radius 2 is 1.92 bits per heavy atom. The molecule has 0 unspecified atom stereocenters. The molecule has 72 valence electrons. The molecule has 0 heterocycles. The summed E-state index contributed by atoms with van der Waals surface area (Å²) in [6, 6.07) is 4.41. The smallest absolute Gasteiger partial charge is 0.180 e. The fraction of sp³-hybridized carbons (Fsp3) is 0.250. The number of hydrogen-bond acceptors (Lipinski definition) is 4. The van der Waals surface area contributed by atoms with Crippen LogP contribution in [0.25, 0.3) is 0 Å². The molecule has 1 aromatic carbocycles. The van der Waals surface area contributed by atoms with Gasteiger partial charge in [0, 0.05) is 5.69 Å². The Balaban J connectivity index is 3.33. The molecule has 0 saturated carbocycles. The lowest BCUT2D eigenvalue weighted by Crippen LogP contribution is -2.07. The van der Waals surface area contributed by atoms with Crippen LogP contribution in [0.15, 0.2) is 23.1 Å². The summed E-state index contributed by atoms with van der Waals surface area (Å²) < 4.78 is 22.8. The van der Waals surface area contributed by atoms with Crippen molar-refractivity contribution < 1.29 is 8.42 Å². The Hall–Kier alpha value is -1.23. The summed E-state index contributed by atoms with van der Waals surface area (Å²) in [5.41, 5.74) is 11.6. The van der Waals surface area contributed by atoms with Crippen LogP contribution in [0.4, 0.5) is 11.4 Å². The third-order valence-electron chi connectivity index (χ3n) is 1.75. The van der Waals surface area contributed by atoms with Gasteiger partial charge in [-0.2, -0.15) is 0 Å². The average molecular weight is 200 g/mol. The first kappa shape index (κ1) is 9.85. The van der Waals surface area contributed by atoms with Crippen molar-refractivity contribution in [2.24, 2.45) is 0 Å². The first-order chi connectivity index (χ1) is 5.97. The molecule has 0 spiro atoms. The van der Waals surface area contributed by atoms with Crippen molar-refractivity contribution in [3.05, 3.63) is 18.2 Å². The van der Waals surface area contributed by atoms with Gasteiger partial charge in [0.05, 0.1) is 16.3 Å². The van der Waals surface area contributed by atoms with Crippen molar-refractivity contribution in [3.63, 3.8) is 0 Å². The number of benzene rings is 1. The molecular formula is C8H12N2O2S. The van der Waals surface area contributed by atoms with Crippen LogP contribution in [0, 0.1) is 0 Å². The van der Waals surface area contributed by atoms with Gasteiger partial charge in [-0.1, -0.05) is 6.92 Å². The summed E-state index contributed by atoms with van der Waals surface area (Å²) in [6.07, 6.45) is 0. The zero-order valence-corrected chi connectivity index (χ0v) is 8.14. The summed E-state index contributed by atoms with van der Waals surface area (Å²) in [7, 11) is -3.23. The van der Waals surface area contributed by atoms with E-state index in [0.29, 0.717) is 5.69 Å². The lowest BCUT2D eigenvalue weighted by molar-refractivity contribution is 0.597. The van der Waals surface area contributed by atoms with Gasteiger partial charge in [-0.25, -0.2) is 8.42 Å². The number of rotatable bonds is 2. The van der Waals surface area contributed by atoms with E-state index in [4.69, 9.17) is 11.5 Å². The molecule has 0 atom stereocenters. The molecule has 0 aromatic heterocycles. The van der Waals surface area contributed by atoms with E-state index in [9.17, 15) is 8.42 Å². The van der Waals surface area contributed by atoms with Gasteiger partial charge < -0.3 is 11.5 Å². The summed E-state index contributed by atoms with van der Waals surface area (Å²) in [4.78, 5) is 0.157. The lowest BCUT2D eigenvalue weighted by Gasteiger charge is -2.05. The van der Waals surface area contributed by atoms with Crippen LogP contribution in [0.5, 0.6) is 0 Å². The number of nitrogens with two attached hydrogens (primary N) is 2. The molecule has 1 rings (SSSR count). The van der Waals surface area contributed by atoms with Crippen LogP contribution in [0.2, 0.25) is 0 Å². The predicted molar refractivity (Wildman–Crippen MR) is 53.0 cm³/mol. The maximum Gasteiger partial charge on any atom is 0.180 e. The molecule has 0 saturated heterocycles. The van der Waals surface area contributed by atoms with E-state index in [1.54, 1.807) is 6.92 Å². The molecular weight excluding hydrogens is 188 g/mol. The minimum atomic E-state index is -3.23. The molecule has 0 bridgehead atoms. The van der Waals surface area contributed by atoms with Crippen molar-refractivity contribution in [1.29, 1.82) is 0 Å². The van der Waals surface area contributed by atoms with Gasteiger partial charge in [0.1, 0.15) is 0 Å². The maximum atomic E-state index is 11.4. The van der Waals surface area contributed by atoms with Crippen molar-refractivity contribution in [1.82, 2.24) is 0 Å². The third-order valence-corrected chi connectivity index (χ3v) is 3.55. The highest BCUT2D eigenvalue weighted by Crippen LogP contribution is 2.21. The SMILES string of the molecule is CCS(=O)(=O)c1ccc(N)cc1N. The van der Waals surface area contributed by atoms with Gasteiger partial charge in [0.15, 0.2) is 9.84 Å². The molecule has 0 aliphatic rings. The van der Waals surface area contributed by atoms with Gasteiger partial charge in [0.25, 0.3) is 0 Å². The van der Waals surface area contributed by atoms with Gasteiger partial charge in [0.2, 0.25) is 0 Å². The van der Waals surface area contributed by atoms with E-state index in [1.807, 2.05) is 0 Å². The monoisotopic (exact) mass is 200 g/mol. The molecule has 0 fully saturated rings. The van der Waals surface area contributed by atoms with E-state index >= 15 is 0 Å². The average Bonchev–Trinajstić information content (AvgIpc) is 2.03. The molecule has 5 heteroatoms. The lowest BCUT2D eigenvalue weighted by atomic mass is 10.3. The highest BCUT2D eigenvalue weighted by Gasteiger charge is 2.14. The summed E-state index contributed by atoms with van der Waals surface area (Å²) in [6.45, 7) is 1.57. The molecule has 0 radical (unpaired) electrons. The van der Waals surface area contributed by atoms with Crippen LogP contribution < -0.4 is 11.5 Å². The zero-order chi connectivity index (χ0) is 10.1. The van der Waals surface area contributed by atoms with Crippen molar-refractivity contribution >= 4 is 21.2 Å². The zero-order valence-electron chi connectivity index (χ0n) is 7.32. The topological polar surface area (TPSA) is 86.2 Å². The minimum Gasteiger partial charge on any atom is -0.399 e. The van der Waals surface area contributed by atoms with E-state index in [0.717, 1.165) is 0 Å². The molecule has 0 aliphatic carbocycles. The molecule has 0 amide bonds. The van der Waals surface area contributed by atoms with Crippen LogP contribution in [0.1, 0.15) is 6.92 Å². The summed E-state index contributed by atoms with van der Waals surface area (Å²) in [5, 5.41) is 0. The van der Waals surface area contributed by atoms with Crippen molar-refractivity contribution in [2.45, 2.75) is 11.8 Å². The van der Waals surface area contributed by atoms with Gasteiger partial charge >= 0.3 is 0 Å². The number of anilines is 2. The second-order valence-corrected chi connectivity index (χ2v) is 4.95. The first-order valence-corrected chi connectivity index (χ1v) is 5.50. The van der Waals surface area contributed by atoms with Crippen LogP contribution in [-0.4, -0.2) is 14.2 Å². The van der Waals surface area contributed by atoms with Crippen LogP contribution in [-0.2, 0) is 9.84 Å². The molecule has 4 N–H and O–H groups in total. The van der Waals surface area contributed by atoms with Gasteiger partial charge in [-0.3, -0.25) is 0 Å². The van der Waals surface area contributed by atoms with Gasteiger partial charge in [-0.05, 0) is 18.2 Å². The fourth-order valence-electron chi connectivity index (χ4n) is 1.01. The van der Waals surface area contributed by atoms with Crippen LogP contribution in [0.3, 0.4) is 0 Å². The summed E-state index contributed by atoms with van der Waals surface area (Å²) in [5.74, 6) is 0.0428. The minimum absolute atomic E-state index is 0.0428. The van der Waals surface area contributed by atoms with Crippen molar-refractivity contribution in [2.75, 3.05) is 17.2 Å². The third kappa shape index (κ3) is 1.92. The van der Waals surface area contributed by atoms with Crippen molar-refractivity contribution in [3.8, 4) is 0 Å². The Morgan fingerprint density at radius 1 is 1.31 bits per heavy atom. The fourth-order valence-corrected chi connectivity index (χ4v) is 2.01. The summed E-state index contributed by atoms with van der Waals surface area (Å²) >= 11 is 0. The second-order valence-electron chi connectivity index (χ2n) is 2.70. The Bertz CT molecular complexity index is 412. The highest BCUT2D eigenvalue weighted by molar-refractivity contribution is 7.91. The molecule has 4 nitrogen and oxygen atoms in total.